The highest BCUT2D eigenvalue weighted by molar-refractivity contribution is 5.99. The zero-order valence-corrected chi connectivity index (χ0v) is 11.4. The van der Waals surface area contributed by atoms with E-state index >= 15 is 0 Å². The maximum atomic E-state index is 12.4. The van der Waals surface area contributed by atoms with Crippen molar-refractivity contribution in [2.24, 2.45) is 0 Å². The van der Waals surface area contributed by atoms with Crippen molar-refractivity contribution in [1.82, 2.24) is 5.16 Å². The van der Waals surface area contributed by atoms with Gasteiger partial charge < -0.3 is 14.6 Å². The fraction of sp³-hybridized carbons (Fsp3) is 0.231. The molecule has 6 nitrogen and oxygen atoms in total. The van der Waals surface area contributed by atoms with Crippen LogP contribution in [0.1, 0.15) is 12.6 Å². The van der Waals surface area contributed by atoms with Crippen molar-refractivity contribution in [1.29, 1.82) is 0 Å². The summed E-state index contributed by atoms with van der Waals surface area (Å²) in [6.45, 7) is 2.18. The van der Waals surface area contributed by atoms with E-state index in [1.807, 2.05) is 0 Å². The van der Waals surface area contributed by atoms with Gasteiger partial charge in [-0.15, -0.1) is 0 Å². The van der Waals surface area contributed by atoms with E-state index in [-0.39, 0.29) is 0 Å². The van der Waals surface area contributed by atoms with Gasteiger partial charge in [-0.25, -0.2) is 4.79 Å². The first-order valence-electron chi connectivity index (χ1n) is 6.24. The van der Waals surface area contributed by atoms with Gasteiger partial charge in [-0.2, -0.15) is 13.2 Å². The van der Waals surface area contributed by atoms with Crippen LogP contribution in [-0.4, -0.2) is 17.8 Å². The maximum Gasteiger partial charge on any atom is 0.436 e. The van der Waals surface area contributed by atoms with Crippen molar-refractivity contribution in [2.75, 3.05) is 17.2 Å². The smallest absolute Gasteiger partial charge is 0.436 e. The monoisotopic (exact) mass is 315 g/mol. The fourth-order valence-electron chi connectivity index (χ4n) is 1.58. The largest absolute Gasteiger partial charge is 0.492 e. The van der Waals surface area contributed by atoms with E-state index in [0.717, 1.165) is 0 Å². The van der Waals surface area contributed by atoms with Gasteiger partial charge in [-0.1, -0.05) is 17.3 Å². The molecule has 0 radical (unpaired) electrons. The number of alkyl halides is 3. The van der Waals surface area contributed by atoms with Crippen LogP contribution >= 0.6 is 0 Å². The molecule has 0 saturated carbocycles. The standard InChI is InChI=1S/C13H12F3N3O3/c1-2-21-9-6-4-3-5-8(9)17-12(20)18-11-7-10(19-22-11)13(14,15)16/h3-7H,2H2,1H3,(H2,17,18,20). The molecule has 2 amide bonds. The molecule has 9 heteroatoms. The molecule has 1 heterocycles. The summed E-state index contributed by atoms with van der Waals surface area (Å²) in [4.78, 5) is 11.8. The zero-order chi connectivity index (χ0) is 16.2. The lowest BCUT2D eigenvalue weighted by atomic mass is 10.3. The van der Waals surface area contributed by atoms with Gasteiger partial charge >= 0.3 is 12.2 Å². The van der Waals surface area contributed by atoms with Gasteiger partial charge in [0.05, 0.1) is 12.3 Å². The minimum atomic E-state index is -4.64. The fourth-order valence-corrected chi connectivity index (χ4v) is 1.58. The summed E-state index contributed by atoms with van der Waals surface area (Å²) in [5.74, 6) is 0.0208. The predicted octanol–water partition coefficient (Wildman–Crippen LogP) is 3.74. The lowest BCUT2D eigenvalue weighted by Gasteiger charge is -2.10. The third kappa shape index (κ3) is 3.90. The zero-order valence-electron chi connectivity index (χ0n) is 11.4. The Kier molecular flexibility index (Phi) is 4.54. The minimum Gasteiger partial charge on any atom is -0.492 e. The molecule has 118 valence electrons. The molecular weight excluding hydrogens is 303 g/mol. The number of halogens is 3. The number of hydrogen-bond acceptors (Lipinski definition) is 4. The number of benzene rings is 1. The van der Waals surface area contributed by atoms with Crippen LogP contribution in [0.15, 0.2) is 34.9 Å². The summed E-state index contributed by atoms with van der Waals surface area (Å²) in [7, 11) is 0. The van der Waals surface area contributed by atoms with Crippen molar-refractivity contribution >= 4 is 17.6 Å². The number of hydrogen-bond donors (Lipinski definition) is 2. The number of anilines is 2. The first-order valence-corrected chi connectivity index (χ1v) is 6.24. The number of aromatic nitrogens is 1. The van der Waals surface area contributed by atoms with Crippen LogP contribution in [0.2, 0.25) is 0 Å². The minimum absolute atomic E-state index is 0.373. The Labute approximate surface area is 123 Å². The van der Waals surface area contributed by atoms with E-state index in [4.69, 9.17) is 4.74 Å². The van der Waals surface area contributed by atoms with Crippen molar-refractivity contribution in [3.63, 3.8) is 0 Å². The summed E-state index contributed by atoms with van der Waals surface area (Å²) in [5, 5.41) is 7.39. The van der Waals surface area contributed by atoms with Gasteiger partial charge in [0.2, 0.25) is 5.88 Å². The van der Waals surface area contributed by atoms with E-state index in [1.165, 1.54) is 0 Å². The lowest BCUT2D eigenvalue weighted by Crippen LogP contribution is -2.19. The number of rotatable bonds is 4. The summed E-state index contributed by atoms with van der Waals surface area (Å²) < 4.78 is 46.8. The van der Waals surface area contributed by atoms with Crippen molar-refractivity contribution in [2.45, 2.75) is 13.1 Å². The second kappa shape index (κ2) is 6.37. The Morgan fingerprint density at radius 3 is 2.68 bits per heavy atom. The lowest BCUT2D eigenvalue weighted by molar-refractivity contribution is -0.142. The Hall–Kier alpha value is -2.71. The van der Waals surface area contributed by atoms with Crippen LogP contribution in [0.3, 0.4) is 0 Å². The molecule has 0 bridgehead atoms. The normalized spacial score (nSPS) is 11.1. The van der Waals surface area contributed by atoms with Gasteiger partial charge in [-0.3, -0.25) is 5.32 Å². The second-order valence-electron chi connectivity index (χ2n) is 4.08. The van der Waals surface area contributed by atoms with Gasteiger partial charge in [0.1, 0.15) is 5.75 Å². The summed E-state index contributed by atoms with van der Waals surface area (Å²) in [6, 6.07) is 6.45. The van der Waals surface area contributed by atoms with Crippen LogP contribution in [-0.2, 0) is 6.18 Å². The molecule has 0 unspecified atom stereocenters. The molecule has 0 fully saturated rings. The molecule has 0 spiro atoms. The maximum absolute atomic E-state index is 12.4. The van der Waals surface area contributed by atoms with Crippen LogP contribution in [0.5, 0.6) is 5.75 Å². The Balaban J connectivity index is 2.03. The molecule has 1 aromatic heterocycles. The van der Waals surface area contributed by atoms with E-state index < -0.39 is 23.8 Å². The highest BCUT2D eigenvalue weighted by atomic mass is 19.4. The number of para-hydroxylation sites is 2. The number of carbonyl (C=O) groups excluding carboxylic acids is 1. The molecular formula is C13H12F3N3O3. The van der Waals surface area contributed by atoms with Gasteiger partial charge in [0.25, 0.3) is 0 Å². The summed E-state index contributed by atoms with van der Waals surface area (Å²) in [5.41, 5.74) is -0.852. The highest BCUT2D eigenvalue weighted by Crippen LogP contribution is 2.30. The summed E-state index contributed by atoms with van der Waals surface area (Å²) >= 11 is 0. The first kappa shape index (κ1) is 15.7. The average molecular weight is 315 g/mol. The number of nitrogens with one attached hydrogen (secondary N) is 2. The number of amides is 2. The molecule has 2 rings (SSSR count). The van der Waals surface area contributed by atoms with Crippen LogP contribution in [0.25, 0.3) is 0 Å². The molecule has 2 aromatic rings. The SMILES string of the molecule is CCOc1ccccc1NC(=O)Nc1cc(C(F)(F)F)no1. The van der Waals surface area contributed by atoms with E-state index in [1.54, 1.807) is 31.2 Å². The first-order chi connectivity index (χ1) is 10.4. The van der Waals surface area contributed by atoms with Gasteiger partial charge in [0, 0.05) is 6.07 Å². The average Bonchev–Trinajstić information content (AvgIpc) is 2.89. The van der Waals surface area contributed by atoms with Crippen LogP contribution < -0.4 is 15.4 Å². The van der Waals surface area contributed by atoms with Gasteiger partial charge in [-0.05, 0) is 19.1 Å². The van der Waals surface area contributed by atoms with E-state index in [0.29, 0.717) is 24.1 Å². The molecule has 0 atom stereocenters. The molecule has 0 aliphatic rings. The molecule has 0 aliphatic heterocycles. The van der Waals surface area contributed by atoms with Gasteiger partial charge in [0.15, 0.2) is 5.69 Å². The molecule has 1 aromatic carbocycles. The van der Waals surface area contributed by atoms with Crippen molar-refractivity contribution < 1.29 is 27.2 Å². The summed E-state index contributed by atoms with van der Waals surface area (Å²) in [6.07, 6.45) is -4.64. The Bertz CT molecular complexity index is 655. The number of ether oxygens (including phenoxy) is 1. The van der Waals surface area contributed by atoms with Crippen LogP contribution in [0, 0.1) is 0 Å². The third-order valence-electron chi connectivity index (χ3n) is 2.47. The third-order valence-corrected chi connectivity index (χ3v) is 2.47. The number of nitrogens with zero attached hydrogens (tertiary/aromatic N) is 1. The Morgan fingerprint density at radius 1 is 1.32 bits per heavy atom. The van der Waals surface area contributed by atoms with Crippen molar-refractivity contribution in [3.05, 3.63) is 36.0 Å². The topological polar surface area (TPSA) is 76.4 Å². The Morgan fingerprint density at radius 2 is 2.05 bits per heavy atom. The highest BCUT2D eigenvalue weighted by Gasteiger charge is 2.35. The molecule has 2 N–H and O–H groups in total. The van der Waals surface area contributed by atoms with E-state index in [2.05, 4.69) is 20.3 Å². The molecule has 22 heavy (non-hydrogen) atoms. The predicted molar refractivity (Wildman–Crippen MR) is 71.8 cm³/mol. The molecule has 0 saturated heterocycles. The molecule has 0 aliphatic carbocycles. The van der Waals surface area contributed by atoms with Crippen molar-refractivity contribution in [3.8, 4) is 5.75 Å². The quantitative estimate of drug-likeness (QED) is 0.901. The van der Waals surface area contributed by atoms with Crippen LogP contribution in [0.4, 0.5) is 29.5 Å². The second-order valence-corrected chi connectivity index (χ2v) is 4.08. The number of urea groups is 1. The number of carbonyl (C=O) groups is 1. The van der Waals surface area contributed by atoms with E-state index in [9.17, 15) is 18.0 Å².